The molecule has 0 radical (unpaired) electrons. The number of hydrogen-bond donors (Lipinski definition) is 0. The average Bonchev–Trinajstić information content (AvgIpc) is 3.20. The summed E-state index contributed by atoms with van der Waals surface area (Å²) >= 11 is 0. The summed E-state index contributed by atoms with van der Waals surface area (Å²) in [4.78, 5) is 0. The number of hydrogen-bond acceptors (Lipinski definition) is 0. The van der Waals surface area contributed by atoms with Gasteiger partial charge in [0.25, 0.3) is 0 Å². The van der Waals surface area contributed by atoms with E-state index in [-0.39, 0.29) is 0 Å². The molecular weight excluding hydrogens is 444 g/mol. The van der Waals surface area contributed by atoms with Crippen molar-refractivity contribution < 1.29 is 0 Å². The van der Waals surface area contributed by atoms with Gasteiger partial charge in [0.1, 0.15) is 0 Å². The summed E-state index contributed by atoms with van der Waals surface area (Å²) in [6.45, 7) is 9.09. The molecule has 0 bridgehead atoms. The summed E-state index contributed by atoms with van der Waals surface area (Å²) < 4.78 is 0. The van der Waals surface area contributed by atoms with Crippen molar-refractivity contribution >= 4 is 21.5 Å². The van der Waals surface area contributed by atoms with Crippen molar-refractivity contribution in [3.05, 3.63) is 154 Å². The van der Waals surface area contributed by atoms with E-state index in [2.05, 4.69) is 137 Å². The van der Waals surface area contributed by atoms with E-state index in [0.29, 0.717) is 0 Å². The van der Waals surface area contributed by atoms with E-state index >= 15 is 0 Å². The lowest BCUT2D eigenvalue weighted by molar-refractivity contribution is 0.753. The van der Waals surface area contributed by atoms with Gasteiger partial charge in [-0.15, -0.1) is 0 Å². The van der Waals surface area contributed by atoms with Gasteiger partial charge < -0.3 is 0 Å². The Morgan fingerprint density at radius 2 is 0.703 bits per heavy atom. The van der Waals surface area contributed by atoms with Crippen LogP contribution >= 0.6 is 0 Å². The van der Waals surface area contributed by atoms with Crippen molar-refractivity contribution in [3.8, 4) is 11.1 Å². The van der Waals surface area contributed by atoms with Gasteiger partial charge in [-0.05, 0) is 105 Å². The quantitative estimate of drug-likeness (QED) is 0.234. The summed E-state index contributed by atoms with van der Waals surface area (Å²) in [5.41, 5.74) is 13.2. The number of fused-ring (bicyclic) bond motifs is 7. The van der Waals surface area contributed by atoms with Gasteiger partial charge in [-0.25, -0.2) is 0 Å². The van der Waals surface area contributed by atoms with Crippen LogP contribution in [-0.2, 0) is 5.41 Å². The minimum Gasteiger partial charge on any atom is -0.0620 e. The van der Waals surface area contributed by atoms with Gasteiger partial charge in [-0.1, -0.05) is 109 Å². The lowest BCUT2D eigenvalue weighted by Crippen LogP contribution is -2.30. The zero-order valence-electron chi connectivity index (χ0n) is 21.9. The molecule has 178 valence electrons. The maximum atomic E-state index is 2.49. The van der Waals surface area contributed by atoms with Crippen molar-refractivity contribution in [1.29, 1.82) is 0 Å². The van der Waals surface area contributed by atoms with Crippen LogP contribution in [0.2, 0.25) is 0 Å². The van der Waals surface area contributed by atoms with Crippen molar-refractivity contribution in [3.63, 3.8) is 0 Å². The molecule has 0 nitrogen and oxygen atoms in total. The molecule has 1 aliphatic rings. The minimum absolute atomic E-state index is 0.398. The van der Waals surface area contributed by atoms with Crippen molar-refractivity contribution in [2.24, 2.45) is 0 Å². The molecule has 6 aromatic rings. The molecule has 0 aromatic heterocycles. The third kappa shape index (κ3) is 2.84. The Hall–Kier alpha value is -4.16. The Morgan fingerprint density at radius 1 is 0.351 bits per heavy atom. The van der Waals surface area contributed by atoms with Gasteiger partial charge >= 0.3 is 0 Å². The molecule has 0 unspecified atom stereocenters. The molecule has 37 heavy (non-hydrogen) atoms. The zero-order chi connectivity index (χ0) is 25.3. The first-order chi connectivity index (χ1) is 18.0. The Labute approximate surface area is 219 Å². The lowest BCUT2D eigenvalue weighted by Gasteiger charge is -2.36. The van der Waals surface area contributed by atoms with Gasteiger partial charge in [0, 0.05) is 0 Å². The third-order valence-electron chi connectivity index (χ3n) is 8.66. The van der Waals surface area contributed by atoms with E-state index in [1.165, 1.54) is 77.2 Å². The summed E-state index contributed by atoms with van der Waals surface area (Å²) in [6, 6.07) is 40.9. The van der Waals surface area contributed by atoms with Crippen LogP contribution in [-0.4, -0.2) is 0 Å². The topological polar surface area (TPSA) is 0 Å². The predicted molar refractivity (Wildman–Crippen MR) is 158 cm³/mol. The summed E-state index contributed by atoms with van der Waals surface area (Å²) in [5.74, 6) is 0. The van der Waals surface area contributed by atoms with Crippen LogP contribution in [0.4, 0.5) is 0 Å². The first-order valence-electron chi connectivity index (χ1n) is 13.2. The molecule has 0 fully saturated rings. The second-order valence-corrected chi connectivity index (χ2v) is 10.7. The molecule has 0 spiro atoms. The highest BCUT2D eigenvalue weighted by Gasteiger charge is 2.49. The third-order valence-corrected chi connectivity index (χ3v) is 8.66. The molecule has 0 heteroatoms. The maximum Gasteiger partial charge on any atom is 0.0719 e. The van der Waals surface area contributed by atoms with Crippen LogP contribution in [0.5, 0.6) is 0 Å². The first-order valence-corrected chi connectivity index (χ1v) is 13.2. The van der Waals surface area contributed by atoms with Gasteiger partial charge in [-0.2, -0.15) is 0 Å². The van der Waals surface area contributed by atoms with E-state index in [0.717, 1.165) is 0 Å². The van der Waals surface area contributed by atoms with Crippen LogP contribution < -0.4 is 0 Å². The SMILES string of the molecule is Cc1ccccc1C1(c2ccccc2C)c2cc(C)c3ccccc3c2-c2c1cc(C)c1ccccc21. The molecule has 0 saturated carbocycles. The largest absolute Gasteiger partial charge is 0.0719 e. The highest BCUT2D eigenvalue weighted by Crippen LogP contribution is 2.61. The summed E-state index contributed by atoms with van der Waals surface area (Å²) in [6.07, 6.45) is 0. The number of benzene rings is 6. The van der Waals surface area contributed by atoms with E-state index in [1.54, 1.807) is 0 Å². The highest BCUT2D eigenvalue weighted by atomic mass is 14.5. The Kier molecular flexibility index (Phi) is 4.72. The molecule has 6 aromatic carbocycles. The van der Waals surface area contributed by atoms with Crippen molar-refractivity contribution in [1.82, 2.24) is 0 Å². The molecule has 7 rings (SSSR count). The van der Waals surface area contributed by atoms with Crippen molar-refractivity contribution in [2.45, 2.75) is 33.1 Å². The fraction of sp³-hybridized carbons (Fsp3) is 0.135. The predicted octanol–water partition coefficient (Wildman–Crippen LogP) is 9.59. The summed E-state index contributed by atoms with van der Waals surface area (Å²) in [5, 5.41) is 5.36. The van der Waals surface area contributed by atoms with Gasteiger partial charge in [0.05, 0.1) is 5.41 Å². The van der Waals surface area contributed by atoms with E-state index < -0.39 is 5.41 Å². The second-order valence-electron chi connectivity index (χ2n) is 10.7. The molecule has 0 saturated heterocycles. The molecule has 0 atom stereocenters. The molecular formula is C37H30. The molecule has 1 aliphatic carbocycles. The zero-order valence-corrected chi connectivity index (χ0v) is 21.9. The van der Waals surface area contributed by atoms with Crippen LogP contribution in [0.3, 0.4) is 0 Å². The number of aryl methyl sites for hydroxylation is 4. The lowest BCUT2D eigenvalue weighted by atomic mass is 9.65. The van der Waals surface area contributed by atoms with Crippen LogP contribution in [0.1, 0.15) is 44.5 Å². The van der Waals surface area contributed by atoms with Gasteiger partial charge in [0.15, 0.2) is 0 Å². The normalized spacial score (nSPS) is 13.6. The fourth-order valence-electron chi connectivity index (χ4n) is 7.10. The minimum atomic E-state index is -0.398. The summed E-state index contributed by atoms with van der Waals surface area (Å²) in [7, 11) is 0. The number of rotatable bonds is 2. The standard InChI is InChI=1S/C37H30/c1-23-13-5-11-19-31(23)37(32-20-12-6-14-24(32)2)33-21-25(3)27-15-7-9-17-29(27)35(33)36-30-18-10-8-16-28(30)26(4)22-34(36)37/h5-22H,1-4H3. The Morgan fingerprint density at radius 3 is 1.11 bits per heavy atom. The highest BCUT2D eigenvalue weighted by molar-refractivity contribution is 6.13. The second kappa shape index (κ2) is 7.92. The monoisotopic (exact) mass is 474 g/mol. The maximum absolute atomic E-state index is 2.49. The van der Waals surface area contributed by atoms with Crippen molar-refractivity contribution in [2.75, 3.05) is 0 Å². The fourth-order valence-corrected chi connectivity index (χ4v) is 7.10. The molecule has 0 heterocycles. The van der Waals surface area contributed by atoms with E-state index in [4.69, 9.17) is 0 Å². The first kappa shape index (κ1) is 22.1. The Bertz CT molecular complexity index is 1730. The molecule has 0 aliphatic heterocycles. The van der Waals surface area contributed by atoms with Crippen LogP contribution in [0, 0.1) is 27.7 Å². The van der Waals surface area contributed by atoms with E-state index in [9.17, 15) is 0 Å². The van der Waals surface area contributed by atoms with E-state index in [1.807, 2.05) is 0 Å². The van der Waals surface area contributed by atoms with Crippen LogP contribution in [0.25, 0.3) is 32.7 Å². The average molecular weight is 475 g/mol. The van der Waals surface area contributed by atoms with Gasteiger partial charge in [-0.3, -0.25) is 0 Å². The smallest absolute Gasteiger partial charge is 0.0620 e. The van der Waals surface area contributed by atoms with Crippen LogP contribution in [0.15, 0.2) is 109 Å². The van der Waals surface area contributed by atoms with Gasteiger partial charge in [0.2, 0.25) is 0 Å². The molecule has 0 amide bonds. The molecule has 0 N–H and O–H groups in total. The Balaban J connectivity index is 1.83.